The maximum atomic E-state index is 14.0. The highest BCUT2D eigenvalue weighted by atomic mass is 16.6. The van der Waals surface area contributed by atoms with Crippen molar-refractivity contribution in [3.8, 4) is 5.75 Å². The minimum Gasteiger partial charge on any atom is -0.493 e. The largest absolute Gasteiger partial charge is 0.493 e. The number of ketones is 1. The SMILES string of the molecule is CCCOc1ccc2c(C(=O)CC(CCn3nnc4ccccc4c3=O)(C(=O)OC(C)(C)C)C(=O)OC(C)(C)C)coc2c1. The predicted molar refractivity (Wildman–Crippen MR) is 163 cm³/mol. The number of benzene rings is 2. The van der Waals surface area contributed by atoms with E-state index in [0.717, 1.165) is 11.1 Å². The van der Waals surface area contributed by atoms with Crippen molar-refractivity contribution >= 4 is 39.6 Å². The first-order chi connectivity index (χ1) is 20.6. The number of hydrogen-bond donors (Lipinski definition) is 0. The second-order valence-corrected chi connectivity index (χ2v) is 12.7. The minimum absolute atomic E-state index is 0.182. The maximum Gasteiger partial charge on any atom is 0.324 e. The number of nitrogens with zero attached hydrogens (tertiary/aromatic N) is 3. The van der Waals surface area contributed by atoms with Crippen molar-refractivity contribution in [3.63, 3.8) is 0 Å². The summed E-state index contributed by atoms with van der Waals surface area (Å²) in [7, 11) is 0. The fraction of sp³-hybridized carbons (Fsp3) is 0.455. The second kappa shape index (κ2) is 12.6. The van der Waals surface area contributed by atoms with Crippen molar-refractivity contribution in [3.05, 3.63) is 64.6 Å². The Morgan fingerprint density at radius 2 is 1.57 bits per heavy atom. The van der Waals surface area contributed by atoms with Gasteiger partial charge < -0.3 is 18.6 Å². The predicted octanol–water partition coefficient (Wildman–Crippen LogP) is 5.66. The van der Waals surface area contributed by atoms with Crippen LogP contribution in [0.2, 0.25) is 0 Å². The number of aromatic nitrogens is 3. The third-order valence-electron chi connectivity index (χ3n) is 6.74. The van der Waals surface area contributed by atoms with E-state index in [0.29, 0.717) is 34.2 Å². The number of esters is 2. The molecule has 0 saturated heterocycles. The summed E-state index contributed by atoms with van der Waals surface area (Å²) in [4.78, 5) is 55.2. The van der Waals surface area contributed by atoms with Crippen LogP contribution in [0, 0.1) is 5.41 Å². The fourth-order valence-electron chi connectivity index (χ4n) is 4.64. The number of Topliss-reactive ketones (excluding diaryl/α,β-unsaturated/α-hetero) is 1. The van der Waals surface area contributed by atoms with Gasteiger partial charge in [0.25, 0.3) is 5.56 Å². The topological polar surface area (TPSA) is 140 Å². The molecule has 11 nitrogen and oxygen atoms in total. The van der Waals surface area contributed by atoms with E-state index in [1.165, 1.54) is 6.26 Å². The van der Waals surface area contributed by atoms with Crippen molar-refractivity contribution < 1.29 is 33.0 Å². The summed E-state index contributed by atoms with van der Waals surface area (Å²) in [5.41, 5.74) is -3.57. The maximum absolute atomic E-state index is 14.0. The highest BCUT2D eigenvalue weighted by Gasteiger charge is 2.52. The zero-order valence-electron chi connectivity index (χ0n) is 26.3. The summed E-state index contributed by atoms with van der Waals surface area (Å²) in [6.45, 7) is 12.3. The molecule has 0 amide bonds. The third-order valence-corrected chi connectivity index (χ3v) is 6.74. The molecule has 0 atom stereocenters. The number of aryl methyl sites for hydroxylation is 1. The molecule has 0 saturated carbocycles. The van der Waals surface area contributed by atoms with Gasteiger partial charge >= 0.3 is 11.9 Å². The summed E-state index contributed by atoms with van der Waals surface area (Å²) in [5, 5.41) is 8.94. The van der Waals surface area contributed by atoms with Crippen LogP contribution in [-0.4, -0.2) is 50.5 Å². The first-order valence-corrected chi connectivity index (χ1v) is 14.6. The molecule has 2 aromatic carbocycles. The average Bonchev–Trinajstić information content (AvgIpc) is 3.36. The molecular weight excluding hydrogens is 566 g/mol. The van der Waals surface area contributed by atoms with Gasteiger partial charge in [0.05, 0.1) is 17.6 Å². The lowest BCUT2D eigenvalue weighted by Gasteiger charge is -2.34. The molecule has 4 rings (SSSR count). The molecular formula is C33H39N3O8. The van der Waals surface area contributed by atoms with Gasteiger partial charge in [-0.1, -0.05) is 24.3 Å². The van der Waals surface area contributed by atoms with Gasteiger partial charge in [-0.05, 0) is 78.6 Å². The van der Waals surface area contributed by atoms with Crippen molar-refractivity contribution in [1.82, 2.24) is 15.0 Å². The van der Waals surface area contributed by atoms with Gasteiger partial charge in [-0.15, -0.1) is 5.10 Å². The Balaban J connectivity index is 1.78. The van der Waals surface area contributed by atoms with E-state index >= 15 is 0 Å². The molecule has 2 heterocycles. The molecule has 2 aromatic heterocycles. The lowest BCUT2D eigenvalue weighted by Crippen LogP contribution is -2.49. The molecule has 0 aliphatic rings. The van der Waals surface area contributed by atoms with Crippen LogP contribution in [0.15, 0.2) is 57.9 Å². The lowest BCUT2D eigenvalue weighted by molar-refractivity contribution is -0.186. The van der Waals surface area contributed by atoms with Crippen LogP contribution >= 0.6 is 0 Å². The van der Waals surface area contributed by atoms with E-state index in [1.54, 1.807) is 84.0 Å². The Kier molecular flexibility index (Phi) is 9.27. The number of carbonyl (C=O) groups excluding carboxylic acids is 3. The molecule has 0 unspecified atom stereocenters. The van der Waals surface area contributed by atoms with Crippen LogP contribution in [-0.2, 0) is 25.6 Å². The number of hydrogen-bond acceptors (Lipinski definition) is 10. The highest BCUT2D eigenvalue weighted by molar-refractivity contribution is 6.12. The number of ether oxygens (including phenoxy) is 3. The highest BCUT2D eigenvalue weighted by Crippen LogP contribution is 2.37. The molecule has 0 fully saturated rings. The molecule has 0 radical (unpaired) electrons. The normalized spacial score (nSPS) is 12.3. The van der Waals surface area contributed by atoms with Crippen molar-refractivity contribution in [1.29, 1.82) is 0 Å². The van der Waals surface area contributed by atoms with Crippen LogP contribution in [0.5, 0.6) is 5.75 Å². The van der Waals surface area contributed by atoms with Crippen LogP contribution in [0.3, 0.4) is 0 Å². The Hall–Kier alpha value is -4.54. The van der Waals surface area contributed by atoms with Crippen LogP contribution in [0.4, 0.5) is 0 Å². The molecule has 4 aromatic rings. The standard InChI is InChI=1S/C33H39N3O8/c1-8-17-41-21-13-14-22-24(20-42-27(22)18-21)26(37)19-33(29(39)43-31(2,3)4,30(40)44-32(5,6)7)15-16-36-28(38)23-11-9-10-12-25(23)34-35-36/h9-14,18,20H,8,15-17,19H2,1-7H3. The number of furan rings is 1. The Morgan fingerprint density at radius 1 is 0.909 bits per heavy atom. The van der Waals surface area contributed by atoms with Gasteiger partial charge in [0.2, 0.25) is 0 Å². The zero-order chi connectivity index (χ0) is 32.3. The Bertz CT molecular complexity index is 1710. The molecule has 0 N–H and O–H groups in total. The molecule has 0 bridgehead atoms. The van der Waals surface area contributed by atoms with E-state index in [1.807, 2.05) is 6.92 Å². The monoisotopic (exact) mass is 605 g/mol. The van der Waals surface area contributed by atoms with E-state index < -0.39 is 46.3 Å². The van der Waals surface area contributed by atoms with Gasteiger partial charge in [0.1, 0.15) is 34.3 Å². The quantitative estimate of drug-likeness (QED) is 0.119. The number of rotatable bonds is 11. The molecule has 234 valence electrons. The van der Waals surface area contributed by atoms with Crippen LogP contribution < -0.4 is 10.3 Å². The van der Waals surface area contributed by atoms with E-state index in [4.69, 9.17) is 18.6 Å². The van der Waals surface area contributed by atoms with Crippen LogP contribution in [0.25, 0.3) is 21.9 Å². The summed E-state index contributed by atoms with van der Waals surface area (Å²) in [5.74, 6) is -1.85. The first-order valence-electron chi connectivity index (χ1n) is 14.6. The molecule has 0 aliphatic heterocycles. The molecule has 44 heavy (non-hydrogen) atoms. The molecule has 0 spiro atoms. The fourth-order valence-corrected chi connectivity index (χ4v) is 4.64. The second-order valence-electron chi connectivity index (χ2n) is 12.7. The van der Waals surface area contributed by atoms with Crippen molar-refractivity contribution in [2.75, 3.05) is 6.61 Å². The van der Waals surface area contributed by atoms with Crippen molar-refractivity contribution in [2.45, 2.75) is 85.5 Å². The van der Waals surface area contributed by atoms with Gasteiger partial charge in [0, 0.05) is 24.4 Å². The minimum atomic E-state index is -2.13. The van der Waals surface area contributed by atoms with Gasteiger partial charge in [0.15, 0.2) is 11.2 Å². The van der Waals surface area contributed by atoms with Gasteiger partial charge in [-0.2, -0.15) is 0 Å². The first kappa shape index (κ1) is 32.4. The smallest absolute Gasteiger partial charge is 0.324 e. The Labute approximate surface area is 255 Å². The van der Waals surface area contributed by atoms with E-state index in [9.17, 15) is 19.2 Å². The van der Waals surface area contributed by atoms with Gasteiger partial charge in [-0.25, -0.2) is 4.68 Å². The number of carbonyl (C=O) groups is 3. The van der Waals surface area contributed by atoms with Crippen LogP contribution in [0.1, 0.15) is 78.1 Å². The average molecular weight is 606 g/mol. The number of fused-ring (bicyclic) bond motifs is 2. The van der Waals surface area contributed by atoms with E-state index in [2.05, 4.69) is 10.3 Å². The summed E-state index contributed by atoms with van der Waals surface area (Å²) < 4.78 is 23.9. The summed E-state index contributed by atoms with van der Waals surface area (Å²) >= 11 is 0. The van der Waals surface area contributed by atoms with Gasteiger partial charge in [-0.3, -0.25) is 19.2 Å². The summed E-state index contributed by atoms with van der Waals surface area (Å²) in [6.07, 6.45) is 1.20. The summed E-state index contributed by atoms with van der Waals surface area (Å²) in [6, 6.07) is 11.8. The van der Waals surface area contributed by atoms with E-state index in [-0.39, 0.29) is 18.5 Å². The van der Waals surface area contributed by atoms with Crippen molar-refractivity contribution in [2.24, 2.45) is 5.41 Å². The molecule has 0 aliphatic carbocycles. The lowest BCUT2D eigenvalue weighted by atomic mass is 9.78. The third kappa shape index (κ3) is 7.32. The zero-order valence-corrected chi connectivity index (χ0v) is 26.3. The molecule has 11 heteroatoms. The Morgan fingerprint density at radius 3 is 2.20 bits per heavy atom.